The normalized spacial score (nSPS) is 11.4. The largest absolute Gasteiger partial charge is 0.508 e. The Morgan fingerprint density at radius 3 is 1.64 bits per heavy atom. The Morgan fingerprint density at radius 1 is 0.680 bits per heavy atom. The van der Waals surface area contributed by atoms with Crippen molar-refractivity contribution in [3.63, 3.8) is 0 Å². The second kappa shape index (κ2) is 7.09. The molecule has 5 heteroatoms. The molecule has 0 aliphatic rings. The molecular formula is C20H18O4S. The Hall–Kier alpha value is -2.63. The summed E-state index contributed by atoms with van der Waals surface area (Å²) < 4.78 is 33.3. The standard InChI is InChI=1S/C20H18O4S/c21-19-11-12-20(25(22,23)24)18(14-16-9-5-2-6-10-16)17(19)13-15-7-3-1-4-8-15/h1-12,21H,13-14H2,(H,22,23,24). The monoisotopic (exact) mass is 354 g/mol. The van der Waals surface area contributed by atoms with E-state index in [1.807, 2.05) is 60.7 Å². The molecule has 0 saturated carbocycles. The third-order valence-electron chi connectivity index (χ3n) is 4.09. The van der Waals surface area contributed by atoms with E-state index in [4.69, 9.17) is 0 Å². The van der Waals surface area contributed by atoms with Gasteiger partial charge in [0.1, 0.15) is 5.75 Å². The number of benzene rings is 3. The molecule has 0 radical (unpaired) electrons. The first-order chi connectivity index (χ1) is 11.9. The van der Waals surface area contributed by atoms with Crippen molar-refractivity contribution < 1.29 is 18.1 Å². The van der Waals surface area contributed by atoms with Gasteiger partial charge in [-0.2, -0.15) is 8.42 Å². The summed E-state index contributed by atoms with van der Waals surface area (Å²) in [7, 11) is -4.40. The fraction of sp³-hybridized carbons (Fsp3) is 0.100. The van der Waals surface area contributed by atoms with Crippen LogP contribution in [0.1, 0.15) is 22.3 Å². The maximum absolute atomic E-state index is 11.8. The van der Waals surface area contributed by atoms with Crippen molar-refractivity contribution >= 4 is 10.1 Å². The number of aromatic hydroxyl groups is 1. The van der Waals surface area contributed by atoms with Gasteiger partial charge in [-0.25, -0.2) is 0 Å². The van der Waals surface area contributed by atoms with Crippen molar-refractivity contribution in [1.82, 2.24) is 0 Å². The average Bonchev–Trinajstić information content (AvgIpc) is 2.59. The van der Waals surface area contributed by atoms with E-state index >= 15 is 0 Å². The summed E-state index contributed by atoms with van der Waals surface area (Å²) in [5.41, 5.74) is 2.76. The highest BCUT2D eigenvalue weighted by Crippen LogP contribution is 2.31. The van der Waals surface area contributed by atoms with Crippen LogP contribution < -0.4 is 0 Å². The Balaban J connectivity index is 2.15. The van der Waals surface area contributed by atoms with E-state index < -0.39 is 10.1 Å². The van der Waals surface area contributed by atoms with Crippen molar-refractivity contribution in [2.24, 2.45) is 0 Å². The van der Waals surface area contributed by atoms with Crippen molar-refractivity contribution in [3.05, 3.63) is 95.1 Å². The first kappa shape index (κ1) is 17.2. The van der Waals surface area contributed by atoms with E-state index in [1.165, 1.54) is 12.1 Å². The number of phenols is 1. The van der Waals surface area contributed by atoms with Crippen LogP contribution in [0.2, 0.25) is 0 Å². The van der Waals surface area contributed by atoms with Gasteiger partial charge in [-0.1, -0.05) is 60.7 Å². The van der Waals surface area contributed by atoms with E-state index in [0.717, 1.165) is 11.1 Å². The summed E-state index contributed by atoms with van der Waals surface area (Å²) in [6, 6.07) is 21.4. The van der Waals surface area contributed by atoms with Gasteiger partial charge in [-0.05, 0) is 35.2 Å². The Kier molecular flexibility index (Phi) is 4.88. The lowest BCUT2D eigenvalue weighted by Gasteiger charge is -2.15. The lowest BCUT2D eigenvalue weighted by atomic mass is 9.94. The predicted octanol–water partition coefficient (Wildman–Crippen LogP) is 3.82. The Bertz CT molecular complexity index is 965. The third kappa shape index (κ3) is 4.07. The molecule has 0 aromatic heterocycles. The third-order valence-corrected chi connectivity index (χ3v) is 5.03. The second-order valence-corrected chi connectivity index (χ2v) is 7.23. The zero-order valence-corrected chi connectivity index (χ0v) is 14.3. The molecule has 0 saturated heterocycles. The smallest absolute Gasteiger partial charge is 0.294 e. The fourth-order valence-electron chi connectivity index (χ4n) is 2.89. The minimum atomic E-state index is -4.40. The first-order valence-electron chi connectivity index (χ1n) is 7.84. The van der Waals surface area contributed by atoms with Crippen molar-refractivity contribution in [2.75, 3.05) is 0 Å². The van der Waals surface area contributed by atoms with Crippen LogP contribution in [-0.2, 0) is 23.0 Å². The van der Waals surface area contributed by atoms with E-state index in [2.05, 4.69) is 0 Å². The highest BCUT2D eigenvalue weighted by molar-refractivity contribution is 7.85. The zero-order chi connectivity index (χ0) is 17.9. The van der Waals surface area contributed by atoms with Crippen molar-refractivity contribution in [2.45, 2.75) is 17.7 Å². The molecule has 3 aromatic carbocycles. The van der Waals surface area contributed by atoms with Crippen LogP contribution in [-0.4, -0.2) is 18.1 Å². The SMILES string of the molecule is O=S(=O)(O)c1ccc(O)c(Cc2ccccc2)c1Cc1ccccc1. The lowest BCUT2D eigenvalue weighted by molar-refractivity contribution is 0.465. The highest BCUT2D eigenvalue weighted by Gasteiger charge is 2.21. The first-order valence-corrected chi connectivity index (χ1v) is 9.28. The minimum Gasteiger partial charge on any atom is -0.508 e. The van der Waals surface area contributed by atoms with Crippen LogP contribution in [0.5, 0.6) is 5.75 Å². The Labute approximate surface area is 147 Å². The molecule has 0 aliphatic carbocycles. The molecule has 0 bridgehead atoms. The maximum atomic E-state index is 11.8. The maximum Gasteiger partial charge on any atom is 0.294 e. The molecule has 0 aliphatic heterocycles. The molecule has 4 nitrogen and oxygen atoms in total. The van der Waals surface area contributed by atoms with Gasteiger partial charge in [0.2, 0.25) is 0 Å². The van der Waals surface area contributed by atoms with Crippen LogP contribution in [0.25, 0.3) is 0 Å². The summed E-state index contributed by atoms with van der Waals surface area (Å²) in [5.74, 6) is 0.0159. The molecular weight excluding hydrogens is 336 g/mol. The number of phenolic OH excluding ortho intramolecular Hbond substituents is 1. The molecule has 25 heavy (non-hydrogen) atoms. The minimum absolute atomic E-state index is 0.0159. The molecule has 128 valence electrons. The van der Waals surface area contributed by atoms with E-state index in [1.54, 1.807) is 0 Å². The van der Waals surface area contributed by atoms with Gasteiger partial charge in [0, 0.05) is 12.0 Å². The second-order valence-electron chi connectivity index (χ2n) is 5.84. The van der Waals surface area contributed by atoms with Crippen molar-refractivity contribution in [3.8, 4) is 5.75 Å². The van der Waals surface area contributed by atoms with Gasteiger partial charge >= 0.3 is 0 Å². The summed E-state index contributed by atoms with van der Waals surface area (Å²) in [6.45, 7) is 0. The quantitative estimate of drug-likeness (QED) is 0.683. The van der Waals surface area contributed by atoms with E-state index in [0.29, 0.717) is 24.0 Å². The molecule has 0 unspecified atom stereocenters. The van der Waals surface area contributed by atoms with Gasteiger partial charge in [-0.3, -0.25) is 4.55 Å². The molecule has 3 rings (SSSR count). The van der Waals surface area contributed by atoms with Crippen LogP contribution in [0.15, 0.2) is 77.7 Å². The predicted molar refractivity (Wildman–Crippen MR) is 96.4 cm³/mol. The number of hydrogen-bond acceptors (Lipinski definition) is 3. The van der Waals surface area contributed by atoms with E-state index in [-0.39, 0.29) is 10.6 Å². The summed E-state index contributed by atoms with van der Waals surface area (Å²) in [4.78, 5) is -0.167. The number of rotatable bonds is 5. The summed E-state index contributed by atoms with van der Waals surface area (Å²) >= 11 is 0. The fourth-order valence-corrected chi connectivity index (χ4v) is 3.64. The Morgan fingerprint density at radius 2 is 1.16 bits per heavy atom. The van der Waals surface area contributed by atoms with Gasteiger partial charge in [0.05, 0.1) is 4.90 Å². The number of hydrogen-bond donors (Lipinski definition) is 2. The summed E-state index contributed by atoms with van der Waals surface area (Å²) in [6.07, 6.45) is 0.671. The topological polar surface area (TPSA) is 74.6 Å². The molecule has 0 fully saturated rings. The zero-order valence-electron chi connectivity index (χ0n) is 13.5. The molecule has 3 aromatic rings. The van der Waals surface area contributed by atoms with E-state index in [9.17, 15) is 18.1 Å². The average molecular weight is 354 g/mol. The molecule has 0 spiro atoms. The van der Waals surface area contributed by atoms with Gasteiger partial charge in [-0.15, -0.1) is 0 Å². The molecule has 0 amide bonds. The molecule has 0 atom stereocenters. The lowest BCUT2D eigenvalue weighted by Crippen LogP contribution is -2.08. The molecule has 0 heterocycles. The van der Waals surface area contributed by atoms with Crippen LogP contribution in [0.3, 0.4) is 0 Å². The van der Waals surface area contributed by atoms with Crippen LogP contribution in [0.4, 0.5) is 0 Å². The van der Waals surface area contributed by atoms with Crippen LogP contribution >= 0.6 is 0 Å². The molecule has 2 N–H and O–H groups in total. The highest BCUT2D eigenvalue weighted by atomic mass is 32.2. The van der Waals surface area contributed by atoms with Gasteiger partial charge < -0.3 is 5.11 Å². The van der Waals surface area contributed by atoms with Crippen molar-refractivity contribution in [1.29, 1.82) is 0 Å². The van der Waals surface area contributed by atoms with Gasteiger partial charge in [0.15, 0.2) is 0 Å². The van der Waals surface area contributed by atoms with Gasteiger partial charge in [0.25, 0.3) is 10.1 Å². The van der Waals surface area contributed by atoms with Crippen LogP contribution in [0, 0.1) is 0 Å². The summed E-state index contributed by atoms with van der Waals surface area (Å²) in [5, 5.41) is 10.3.